The second-order valence-corrected chi connectivity index (χ2v) is 9.05. The summed E-state index contributed by atoms with van der Waals surface area (Å²) in [6.45, 7) is 4.17. The lowest BCUT2D eigenvalue weighted by Crippen LogP contribution is -2.27. The number of hydrogen-bond acceptors (Lipinski definition) is 2. The van der Waals surface area contributed by atoms with E-state index in [4.69, 9.17) is 4.74 Å². The molecule has 31 heavy (non-hydrogen) atoms. The van der Waals surface area contributed by atoms with Crippen molar-refractivity contribution in [2.24, 2.45) is 0 Å². The SMILES string of the molecule is CN(C)c1ccc(C(=C2C=CC(=[N+](C)C)C=C2)c2ccc3c(c2)OC(C)(C)C=C3)cc1. The molecule has 1 aliphatic heterocycles. The Kier molecular flexibility index (Phi) is 5.45. The van der Waals surface area contributed by atoms with Gasteiger partial charge >= 0.3 is 0 Å². The van der Waals surface area contributed by atoms with Gasteiger partial charge in [0.15, 0.2) is 5.71 Å². The highest BCUT2D eigenvalue weighted by Crippen LogP contribution is 2.37. The van der Waals surface area contributed by atoms with E-state index in [0.29, 0.717) is 0 Å². The van der Waals surface area contributed by atoms with E-state index in [2.05, 4.69) is 130 Å². The fraction of sp³-hybridized carbons (Fsp3) is 0.250. The summed E-state index contributed by atoms with van der Waals surface area (Å²) in [5, 5.41) is 0. The highest BCUT2D eigenvalue weighted by atomic mass is 16.5. The van der Waals surface area contributed by atoms with Crippen molar-refractivity contribution in [1.29, 1.82) is 0 Å². The number of allylic oxidation sites excluding steroid dienone is 5. The maximum atomic E-state index is 6.27. The van der Waals surface area contributed by atoms with E-state index in [1.165, 1.54) is 28.1 Å². The molecule has 0 aromatic heterocycles. The summed E-state index contributed by atoms with van der Waals surface area (Å²) in [4.78, 5) is 2.12. The molecular formula is C28H31N2O+. The van der Waals surface area contributed by atoms with Crippen molar-refractivity contribution in [2.45, 2.75) is 19.4 Å². The first-order valence-corrected chi connectivity index (χ1v) is 10.7. The molecule has 158 valence electrons. The zero-order valence-corrected chi connectivity index (χ0v) is 19.3. The average molecular weight is 412 g/mol. The molecule has 0 saturated heterocycles. The zero-order chi connectivity index (χ0) is 22.2. The molecule has 2 aliphatic rings. The Labute approximate surface area is 186 Å². The van der Waals surface area contributed by atoms with Gasteiger partial charge in [-0.05, 0) is 72.5 Å². The molecule has 1 aliphatic carbocycles. The minimum atomic E-state index is -0.299. The smallest absolute Gasteiger partial charge is 0.199 e. The van der Waals surface area contributed by atoms with Crippen molar-refractivity contribution < 1.29 is 9.31 Å². The molecule has 2 aromatic carbocycles. The first-order chi connectivity index (χ1) is 14.7. The molecule has 0 spiro atoms. The second kappa shape index (κ2) is 8.07. The van der Waals surface area contributed by atoms with Crippen LogP contribution in [-0.2, 0) is 0 Å². The summed E-state index contributed by atoms with van der Waals surface area (Å²) in [6.07, 6.45) is 13.0. The third-order valence-electron chi connectivity index (χ3n) is 5.68. The monoisotopic (exact) mass is 411 g/mol. The van der Waals surface area contributed by atoms with E-state index < -0.39 is 0 Å². The standard InChI is InChI=1S/C28H31N2O/c1-28(2)18-17-20-7-8-23(19-26(20)31-28)27(21-9-13-24(14-10-21)29(3)4)22-11-15-25(16-12-22)30(5)6/h7-19H,1-6H3/q+1. The zero-order valence-electron chi connectivity index (χ0n) is 19.3. The van der Waals surface area contributed by atoms with Crippen LogP contribution in [0.2, 0.25) is 0 Å². The molecule has 3 heteroatoms. The number of nitrogens with zero attached hydrogens (tertiary/aromatic N) is 2. The predicted octanol–water partition coefficient (Wildman–Crippen LogP) is 5.58. The van der Waals surface area contributed by atoms with Crippen LogP contribution in [0.4, 0.5) is 5.69 Å². The van der Waals surface area contributed by atoms with Gasteiger partial charge in [-0.2, -0.15) is 0 Å². The average Bonchev–Trinajstić information content (AvgIpc) is 2.74. The number of rotatable bonds is 3. The van der Waals surface area contributed by atoms with Crippen molar-refractivity contribution in [1.82, 2.24) is 0 Å². The molecule has 4 rings (SSSR count). The van der Waals surface area contributed by atoms with Crippen LogP contribution in [-0.4, -0.2) is 44.1 Å². The van der Waals surface area contributed by atoms with Crippen molar-refractivity contribution in [3.63, 3.8) is 0 Å². The molecule has 0 bridgehead atoms. The van der Waals surface area contributed by atoms with Gasteiger partial charge in [-0.25, -0.2) is 4.58 Å². The van der Waals surface area contributed by atoms with Gasteiger partial charge in [-0.1, -0.05) is 30.3 Å². The van der Waals surface area contributed by atoms with Crippen LogP contribution in [0.25, 0.3) is 11.6 Å². The molecule has 0 radical (unpaired) electrons. The Morgan fingerprint density at radius 1 is 0.839 bits per heavy atom. The van der Waals surface area contributed by atoms with Crippen LogP contribution in [0.3, 0.4) is 0 Å². The first kappa shape index (κ1) is 20.9. The minimum Gasteiger partial charge on any atom is -0.483 e. The van der Waals surface area contributed by atoms with E-state index in [9.17, 15) is 0 Å². The van der Waals surface area contributed by atoms with Crippen LogP contribution >= 0.6 is 0 Å². The number of fused-ring (bicyclic) bond motifs is 1. The first-order valence-electron chi connectivity index (χ1n) is 10.7. The van der Waals surface area contributed by atoms with Gasteiger partial charge in [0.25, 0.3) is 0 Å². The van der Waals surface area contributed by atoms with Crippen molar-refractivity contribution in [3.8, 4) is 5.75 Å². The van der Waals surface area contributed by atoms with Crippen LogP contribution in [0.15, 0.2) is 78.4 Å². The number of ether oxygens (including phenoxy) is 1. The fourth-order valence-corrected chi connectivity index (χ4v) is 3.88. The fourth-order valence-electron chi connectivity index (χ4n) is 3.88. The lowest BCUT2D eigenvalue weighted by atomic mass is 9.89. The Bertz CT molecular complexity index is 1130. The lowest BCUT2D eigenvalue weighted by molar-refractivity contribution is -0.462. The van der Waals surface area contributed by atoms with Crippen LogP contribution in [0, 0.1) is 0 Å². The topological polar surface area (TPSA) is 15.5 Å². The Hall–Kier alpha value is -3.33. The van der Waals surface area contributed by atoms with Crippen molar-refractivity contribution in [2.75, 3.05) is 33.1 Å². The summed E-state index contributed by atoms with van der Waals surface area (Å²) in [5.41, 5.74) is 7.93. The summed E-state index contributed by atoms with van der Waals surface area (Å²) in [6, 6.07) is 15.3. The Morgan fingerprint density at radius 3 is 2.10 bits per heavy atom. The van der Waals surface area contributed by atoms with Gasteiger partial charge in [0.05, 0.1) is 0 Å². The number of anilines is 1. The molecule has 0 amide bonds. The van der Waals surface area contributed by atoms with Crippen molar-refractivity contribution >= 4 is 23.0 Å². The van der Waals surface area contributed by atoms with Gasteiger partial charge < -0.3 is 9.64 Å². The summed E-state index contributed by atoms with van der Waals surface area (Å²) in [5.74, 6) is 0.928. The van der Waals surface area contributed by atoms with Gasteiger partial charge in [0, 0.05) is 37.5 Å². The van der Waals surface area contributed by atoms with Crippen LogP contribution < -0.4 is 9.64 Å². The van der Waals surface area contributed by atoms with E-state index in [-0.39, 0.29) is 5.60 Å². The van der Waals surface area contributed by atoms with E-state index in [0.717, 1.165) is 16.9 Å². The number of benzene rings is 2. The van der Waals surface area contributed by atoms with Crippen molar-refractivity contribution in [3.05, 3.63) is 95.1 Å². The quantitative estimate of drug-likeness (QED) is 0.613. The molecule has 0 fully saturated rings. The van der Waals surface area contributed by atoms with Crippen LogP contribution in [0.1, 0.15) is 30.5 Å². The van der Waals surface area contributed by atoms with E-state index in [1.54, 1.807) is 0 Å². The Morgan fingerprint density at radius 2 is 1.48 bits per heavy atom. The molecular weight excluding hydrogens is 380 g/mol. The normalized spacial score (nSPS) is 16.1. The van der Waals surface area contributed by atoms with E-state index >= 15 is 0 Å². The van der Waals surface area contributed by atoms with Gasteiger partial charge in [0.2, 0.25) is 0 Å². The molecule has 3 nitrogen and oxygen atoms in total. The highest BCUT2D eigenvalue weighted by molar-refractivity contribution is 6.04. The lowest BCUT2D eigenvalue weighted by Gasteiger charge is -2.28. The predicted molar refractivity (Wildman–Crippen MR) is 132 cm³/mol. The maximum Gasteiger partial charge on any atom is 0.199 e. The largest absolute Gasteiger partial charge is 0.483 e. The summed E-state index contributed by atoms with van der Waals surface area (Å²) in [7, 11) is 8.26. The third kappa shape index (κ3) is 4.41. The Balaban J connectivity index is 1.86. The van der Waals surface area contributed by atoms with Gasteiger partial charge in [-0.3, -0.25) is 0 Å². The molecule has 1 heterocycles. The molecule has 0 unspecified atom stereocenters. The molecule has 0 N–H and O–H groups in total. The minimum absolute atomic E-state index is 0.299. The molecule has 2 aromatic rings. The highest BCUT2D eigenvalue weighted by Gasteiger charge is 2.23. The summed E-state index contributed by atoms with van der Waals surface area (Å²) < 4.78 is 8.39. The summed E-state index contributed by atoms with van der Waals surface area (Å²) >= 11 is 0. The van der Waals surface area contributed by atoms with E-state index in [1.807, 2.05) is 0 Å². The maximum absolute atomic E-state index is 6.27. The number of hydrogen-bond donors (Lipinski definition) is 0. The van der Waals surface area contributed by atoms with Crippen LogP contribution in [0.5, 0.6) is 5.75 Å². The van der Waals surface area contributed by atoms with Gasteiger partial charge in [0.1, 0.15) is 25.4 Å². The third-order valence-corrected chi connectivity index (χ3v) is 5.68. The second-order valence-electron chi connectivity index (χ2n) is 9.05. The molecule has 0 atom stereocenters. The van der Waals surface area contributed by atoms with Gasteiger partial charge in [-0.15, -0.1) is 0 Å². The molecule has 0 saturated carbocycles.